The summed E-state index contributed by atoms with van der Waals surface area (Å²) in [6.07, 6.45) is 7.31. The predicted molar refractivity (Wildman–Crippen MR) is 69.3 cm³/mol. The molecule has 4 atom stereocenters. The molecule has 0 spiro atoms. The van der Waals surface area contributed by atoms with Gasteiger partial charge in [-0.3, -0.25) is 4.79 Å². The van der Waals surface area contributed by atoms with E-state index in [2.05, 4.69) is 0 Å². The Morgan fingerprint density at radius 3 is 2.84 bits per heavy atom. The van der Waals surface area contributed by atoms with E-state index in [-0.39, 0.29) is 11.9 Å². The van der Waals surface area contributed by atoms with Crippen LogP contribution >= 0.6 is 0 Å². The lowest BCUT2D eigenvalue weighted by Crippen LogP contribution is -2.40. The molecule has 1 N–H and O–H groups in total. The molecule has 3 rings (SSSR count). The topological polar surface area (TPSA) is 55.8 Å². The Balaban J connectivity index is 1.81. The van der Waals surface area contributed by atoms with Gasteiger partial charge in [0.05, 0.1) is 18.6 Å². The molecule has 1 aliphatic heterocycles. The molecule has 1 heterocycles. The van der Waals surface area contributed by atoms with Crippen LogP contribution in [0.3, 0.4) is 0 Å². The van der Waals surface area contributed by atoms with Gasteiger partial charge in [-0.25, -0.2) is 0 Å². The Kier molecular flexibility index (Phi) is 3.34. The van der Waals surface area contributed by atoms with Crippen LogP contribution in [-0.2, 0) is 14.3 Å². The van der Waals surface area contributed by atoms with Crippen LogP contribution < -0.4 is 0 Å². The van der Waals surface area contributed by atoms with Crippen LogP contribution in [0.2, 0.25) is 0 Å². The number of carbonyl (C=O) groups is 1. The average Bonchev–Trinajstić information content (AvgIpc) is 2.81. The molecule has 0 amide bonds. The molecule has 0 aromatic carbocycles. The molecule has 0 unspecified atom stereocenters. The first-order valence-electron chi connectivity index (χ1n) is 7.68. The van der Waals surface area contributed by atoms with E-state index < -0.39 is 11.4 Å². The molecule has 0 bridgehead atoms. The van der Waals surface area contributed by atoms with E-state index in [9.17, 15) is 9.90 Å². The van der Waals surface area contributed by atoms with Gasteiger partial charge in [-0.15, -0.1) is 0 Å². The SMILES string of the molecule is CCOC(=O)C[C@]12CCC[C@H]1[C@H]1CCCC[C@@]1(O)O2. The summed E-state index contributed by atoms with van der Waals surface area (Å²) >= 11 is 0. The first-order valence-corrected chi connectivity index (χ1v) is 7.68. The van der Waals surface area contributed by atoms with Crippen molar-refractivity contribution in [2.75, 3.05) is 6.61 Å². The van der Waals surface area contributed by atoms with Crippen LogP contribution in [0.5, 0.6) is 0 Å². The number of fused-ring (bicyclic) bond motifs is 3. The fourth-order valence-electron chi connectivity index (χ4n) is 4.62. The second kappa shape index (κ2) is 4.74. The highest BCUT2D eigenvalue weighted by Crippen LogP contribution is 2.60. The fourth-order valence-corrected chi connectivity index (χ4v) is 4.62. The number of esters is 1. The van der Waals surface area contributed by atoms with Crippen molar-refractivity contribution in [1.29, 1.82) is 0 Å². The summed E-state index contributed by atoms with van der Waals surface area (Å²) in [4.78, 5) is 11.9. The lowest BCUT2D eigenvalue weighted by Gasteiger charge is -2.35. The third-order valence-corrected chi connectivity index (χ3v) is 5.28. The van der Waals surface area contributed by atoms with Gasteiger partial charge in [0.15, 0.2) is 5.79 Å². The summed E-state index contributed by atoms with van der Waals surface area (Å²) in [5.74, 6) is -0.604. The predicted octanol–water partition coefficient (Wildman–Crippen LogP) is 2.39. The van der Waals surface area contributed by atoms with Crippen molar-refractivity contribution in [3.63, 3.8) is 0 Å². The zero-order chi connectivity index (χ0) is 13.5. The summed E-state index contributed by atoms with van der Waals surface area (Å²) in [5.41, 5.74) is -0.448. The second-order valence-corrected chi connectivity index (χ2v) is 6.34. The Morgan fingerprint density at radius 1 is 1.26 bits per heavy atom. The van der Waals surface area contributed by atoms with Crippen molar-refractivity contribution in [1.82, 2.24) is 0 Å². The normalized spacial score (nSPS) is 44.7. The Bertz CT molecular complexity index is 369. The van der Waals surface area contributed by atoms with Crippen LogP contribution in [0.25, 0.3) is 0 Å². The number of aliphatic hydroxyl groups is 1. The van der Waals surface area contributed by atoms with Gasteiger partial charge in [-0.05, 0) is 38.5 Å². The summed E-state index contributed by atoms with van der Waals surface area (Å²) in [5, 5.41) is 10.8. The average molecular weight is 268 g/mol. The highest BCUT2D eigenvalue weighted by atomic mass is 16.6. The van der Waals surface area contributed by atoms with Gasteiger partial charge in [-0.1, -0.05) is 12.8 Å². The number of ether oxygens (including phenoxy) is 2. The van der Waals surface area contributed by atoms with E-state index in [0.29, 0.717) is 18.9 Å². The highest BCUT2D eigenvalue weighted by molar-refractivity contribution is 5.71. The van der Waals surface area contributed by atoms with Crippen molar-refractivity contribution in [3.05, 3.63) is 0 Å². The molecule has 108 valence electrons. The lowest BCUT2D eigenvalue weighted by atomic mass is 9.73. The molecule has 3 aliphatic rings. The summed E-state index contributed by atoms with van der Waals surface area (Å²) < 4.78 is 11.2. The van der Waals surface area contributed by atoms with E-state index >= 15 is 0 Å². The molecule has 3 fully saturated rings. The monoisotopic (exact) mass is 268 g/mol. The van der Waals surface area contributed by atoms with Crippen LogP contribution in [-0.4, -0.2) is 29.1 Å². The molecular formula is C15H24O4. The van der Waals surface area contributed by atoms with Crippen LogP contribution in [0.4, 0.5) is 0 Å². The van der Waals surface area contributed by atoms with Gasteiger partial charge in [0.25, 0.3) is 0 Å². The first-order chi connectivity index (χ1) is 9.10. The van der Waals surface area contributed by atoms with Crippen molar-refractivity contribution in [2.24, 2.45) is 11.8 Å². The second-order valence-electron chi connectivity index (χ2n) is 6.34. The lowest BCUT2D eigenvalue weighted by molar-refractivity contribution is -0.251. The molecule has 4 heteroatoms. The van der Waals surface area contributed by atoms with Crippen LogP contribution in [0, 0.1) is 11.8 Å². The third kappa shape index (κ3) is 2.09. The van der Waals surface area contributed by atoms with Gasteiger partial charge in [0, 0.05) is 12.3 Å². The van der Waals surface area contributed by atoms with Gasteiger partial charge in [0.1, 0.15) is 0 Å². The summed E-state index contributed by atoms with van der Waals surface area (Å²) in [6, 6.07) is 0. The van der Waals surface area contributed by atoms with Crippen molar-refractivity contribution < 1.29 is 19.4 Å². The quantitative estimate of drug-likeness (QED) is 0.798. The summed E-state index contributed by atoms with van der Waals surface area (Å²) in [6.45, 7) is 2.23. The standard InChI is InChI=1S/C15H24O4/c1-2-18-13(16)10-14-8-5-7-11(14)12-6-3-4-9-15(12,17)19-14/h11-12,17H,2-10H2,1H3/t11-,12+,14+,15+/m0/s1. The Labute approximate surface area is 114 Å². The van der Waals surface area contributed by atoms with Crippen molar-refractivity contribution in [3.8, 4) is 0 Å². The molecule has 0 radical (unpaired) electrons. The first kappa shape index (κ1) is 13.4. The highest BCUT2D eigenvalue weighted by Gasteiger charge is 2.64. The van der Waals surface area contributed by atoms with Crippen LogP contribution in [0.1, 0.15) is 58.3 Å². The van der Waals surface area contributed by atoms with E-state index in [1.165, 1.54) is 6.42 Å². The Morgan fingerprint density at radius 2 is 2.05 bits per heavy atom. The van der Waals surface area contributed by atoms with Gasteiger partial charge in [-0.2, -0.15) is 0 Å². The van der Waals surface area contributed by atoms with E-state index in [0.717, 1.165) is 38.5 Å². The smallest absolute Gasteiger partial charge is 0.308 e. The molecular weight excluding hydrogens is 244 g/mol. The maximum absolute atomic E-state index is 11.9. The number of hydrogen-bond acceptors (Lipinski definition) is 4. The number of hydrogen-bond donors (Lipinski definition) is 1. The molecule has 4 nitrogen and oxygen atoms in total. The Hall–Kier alpha value is -0.610. The summed E-state index contributed by atoms with van der Waals surface area (Å²) in [7, 11) is 0. The van der Waals surface area contributed by atoms with Crippen LogP contribution in [0.15, 0.2) is 0 Å². The minimum absolute atomic E-state index is 0.184. The van der Waals surface area contributed by atoms with E-state index in [1.54, 1.807) is 0 Å². The zero-order valence-corrected chi connectivity index (χ0v) is 11.7. The molecule has 2 saturated carbocycles. The maximum Gasteiger partial charge on any atom is 0.308 e. The molecule has 2 aliphatic carbocycles. The zero-order valence-electron chi connectivity index (χ0n) is 11.7. The van der Waals surface area contributed by atoms with Crippen molar-refractivity contribution >= 4 is 5.97 Å². The molecule has 1 saturated heterocycles. The minimum Gasteiger partial charge on any atom is -0.466 e. The van der Waals surface area contributed by atoms with E-state index in [4.69, 9.17) is 9.47 Å². The number of rotatable bonds is 3. The minimum atomic E-state index is -0.976. The largest absolute Gasteiger partial charge is 0.466 e. The maximum atomic E-state index is 11.9. The number of carbonyl (C=O) groups excluding carboxylic acids is 1. The molecule has 19 heavy (non-hydrogen) atoms. The van der Waals surface area contributed by atoms with E-state index in [1.807, 2.05) is 6.92 Å². The van der Waals surface area contributed by atoms with Gasteiger partial charge in [0.2, 0.25) is 0 Å². The fraction of sp³-hybridized carbons (Fsp3) is 0.933. The van der Waals surface area contributed by atoms with Crippen molar-refractivity contribution in [2.45, 2.75) is 69.7 Å². The van der Waals surface area contributed by atoms with Gasteiger partial charge < -0.3 is 14.6 Å². The van der Waals surface area contributed by atoms with Gasteiger partial charge >= 0.3 is 5.97 Å². The molecule has 0 aromatic heterocycles. The molecule has 0 aromatic rings. The third-order valence-electron chi connectivity index (χ3n) is 5.28.